The average molecular weight is 426 g/mol. The lowest BCUT2D eigenvalue weighted by atomic mass is 9.93. The second-order valence-electron chi connectivity index (χ2n) is 7.53. The van der Waals surface area contributed by atoms with Crippen LogP contribution in [0.5, 0.6) is 0 Å². The molecule has 0 atom stereocenters. The Kier molecular flexibility index (Phi) is 6.33. The van der Waals surface area contributed by atoms with Crippen molar-refractivity contribution in [3.63, 3.8) is 0 Å². The van der Waals surface area contributed by atoms with Gasteiger partial charge in [0.25, 0.3) is 0 Å². The summed E-state index contributed by atoms with van der Waals surface area (Å²) in [4.78, 5) is 41.1. The first-order valence-corrected chi connectivity index (χ1v) is 10.4. The highest BCUT2D eigenvalue weighted by atomic mass is 32.1. The number of esters is 1. The summed E-state index contributed by atoms with van der Waals surface area (Å²) in [5.41, 5.74) is 0.893. The minimum Gasteiger partial charge on any atom is -0.465 e. The third kappa shape index (κ3) is 4.64. The Labute approximate surface area is 173 Å². The van der Waals surface area contributed by atoms with Crippen LogP contribution in [0.25, 0.3) is 0 Å². The molecule has 0 bridgehead atoms. The Morgan fingerprint density at radius 3 is 2.45 bits per heavy atom. The molecule has 1 saturated heterocycles. The van der Waals surface area contributed by atoms with Gasteiger partial charge in [-0.05, 0) is 26.3 Å². The van der Waals surface area contributed by atoms with Gasteiger partial charge in [0.05, 0.1) is 31.5 Å². The van der Waals surface area contributed by atoms with E-state index in [1.165, 1.54) is 18.4 Å². The number of urea groups is 1. The number of nitrogens with zero attached hydrogens (tertiary/aromatic N) is 2. The summed E-state index contributed by atoms with van der Waals surface area (Å²) >= 11 is 1.34. The van der Waals surface area contributed by atoms with Crippen molar-refractivity contribution in [2.45, 2.75) is 39.4 Å². The molecule has 1 fully saturated rings. The van der Waals surface area contributed by atoms with E-state index in [0.29, 0.717) is 56.4 Å². The highest BCUT2D eigenvalue weighted by molar-refractivity contribution is 7.17. The number of nitrogens with one attached hydrogen (secondary N) is 1. The van der Waals surface area contributed by atoms with E-state index in [1.807, 2.05) is 13.8 Å². The molecule has 3 heterocycles. The Morgan fingerprint density at radius 2 is 1.83 bits per heavy atom. The van der Waals surface area contributed by atoms with Gasteiger partial charge in [0.15, 0.2) is 0 Å². The summed E-state index contributed by atoms with van der Waals surface area (Å²) in [6.07, 6.45) is 0.200. The molecule has 1 N–H and O–H groups in total. The molecule has 2 aliphatic heterocycles. The van der Waals surface area contributed by atoms with Crippen LogP contribution in [-0.2, 0) is 27.2 Å². The molecule has 10 heteroatoms. The highest BCUT2D eigenvalue weighted by Gasteiger charge is 2.35. The molecule has 9 nitrogen and oxygen atoms in total. The van der Waals surface area contributed by atoms with E-state index >= 15 is 0 Å². The smallest absolute Gasteiger partial charge is 0.409 e. The van der Waals surface area contributed by atoms with Crippen molar-refractivity contribution in [3.05, 3.63) is 16.0 Å². The van der Waals surface area contributed by atoms with Crippen LogP contribution in [0.15, 0.2) is 0 Å². The highest BCUT2D eigenvalue weighted by Crippen LogP contribution is 2.40. The molecule has 160 valence electrons. The lowest BCUT2D eigenvalue weighted by molar-refractivity contribution is -0.0384. The van der Waals surface area contributed by atoms with Crippen LogP contribution in [0.4, 0.5) is 14.6 Å². The molecule has 1 aromatic heterocycles. The molecule has 29 heavy (non-hydrogen) atoms. The summed E-state index contributed by atoms with van der Waals surface area (Å²) in [6.45, 7) is 7.99. The number of hydrogen-bond donors (Lipinski definition) is 1. The van der Waals surface area contributed by atoms with Crippen LogP contribution in [-0.4, -0.2) is 73.4 Å². The molecular formula is C19H27N3O6S. The first kappa shape index (κ1) is 21.4. The van der Waals surface area contributed by atoms with Crippen molar-refractivity contribution in [3.8, 4) is 0 Å². The fraction of sp³-hybridized carbons (Fsp3) is 0.632. The SMILES string of the molecule is CCOC(=O)N1CCN(C(=O)Nc2sc3c(c2C(=O)OC)CC(C)(C)OC3)CC1. The number of rotatable bonds is 3. The van der Waals surface area contributed by atoms with Crippen molar-refractivity contribution < 1.29 is 28.6 Å². The van der Waals surface area contributed by atoms with Crippen molar-refractivity contribution in [1.82, 2.24) is 9.80 Å². The first-order chi connectivity index (χ1) is 13.8. The number of anilines is 1. The van der Waals surface area contributed by atoms with Gasteiger partial charge in [-0.2, -0.15) is 0 Å². The first-order valence-electron chi connectivity index (χ1n) is 9.60. The van der Waals surface area contributed by atoms with E-state index < -0.39 is 5.97 Å². The van der Waals surface area contributed by atoms with Gasteiger partial charge >= 0.3 is 18.1 Å². The van der Waals surface area contributed by atoms with E-state index in [4.69, 9.17) is 14.2 Å². The maximum atomic E-state index is 12.8. The number of amides is 3. The summed E-state index contributed by atoms with van der Waals surface area (Å²) < 4.78 is 15.8. The molecule has 3 amide bonds. The number of piperazine rings is 1. The monoisotopic (exact) mass is 425 g/mol. The molecule has 2 aliphatic rings. The minimum atomic E-state index is -0.470. The van der Waals surface area contributed by atoms with Crippen molar-refractivity contribution in [2.24, 2.45) is 0 Å². The molecule has 3 rings (SSSR count). The molecule has 0 aliphatic carbocycles. The van der Waals surface area contributed by atoms with Crippen molar-refractivity contribution >= 4 is 34.4 Å². The number of fused-ring (bicyclic) bond motifs is 1. The van der Waals surface area contributed by atoms with Gasteiger partial charge in [0.2, 0.25) is 0 Å². The van der Waals surface area contributed by atoms with Gasteiger partial charge in [-0.3, -0.25) is 5.32 Å². The number of carbonyl (C=O) groups excluding carboxylic acids is 3. The van der Waals surface area contributed by atoms with E-state index in [9.17, 15) is 14.4 Å². The zero-order valence-electron chi connectivity index (χ0n) is 17.2. The lowest BCUT2D eigenvalue weighted by Crippen LogP contribution is -2.51. The molecule has 0 aromatic carbocycles. The van der Waals surface area contributed by atoms with Crippen LogP contribution in [0.2, 0.25) is 0 Å². The topological polar surface area (TPSA) is 97.4 Å². The normalized spacial score (nSPS) is 18.1. The van der Waals surface area contributed by atoms with E-state index in [0.717, 1.165) is 10.4 Å². The van der Waals surface area contributed by atoms with E-state index in [2.05, 4.69) is 5.32 Å². The molecule has 0 spiro atoms. The zero-order valence-corrected chi connectivity index (χ0v) is 18.0. The second kappa shape index (κ2) is 8.58. The van der Waals surface area contributed by atoms with Crippen molar-refractivity contribution in [1.29, 1.82) is 0 Å². The zero-order chi connectivity index (χ0) is 21.2. The second-order valence-corrected chi connectivity index (χ2v) is 8.63. The molecule has 1 aromatic rings. The standard InChI is InChI=1S/C19H27N3O6S/c1-5-27-18(25)22-8-6-21(7-9-22)17(24)20-15-14(16(23)26-4)12-10-19(2,3)28-11-13(12)29-15/h5-11H2,1-4H3,(H,20,24). The maximum absolute atomic E-state index is 12.8. The Bertz CT molecular complexity index is 798. The molecule has 0 unspecified atom stereocenters. The molecule has 0 saturated carbocycles. The number of carbonyl (C=O) groups is 3. The third-order valence-electron chi connectivity index (χ3n) is 4.99. The van der Waals surface area contributed by atoms with Gasteiger partial charge < -0.3 is 24.0 Å². The fourth-order valence-electron chi connectivity index (χ4n) is 3.44. The van der Waals surface area contributed by atoms with Gasteiger partial charge in [-0.25, -0.2) is 14.4 Å². The number of thiophene rings is 1. The molecular weight excluding hydrogens is 398 g/mol. The summed E-state index contributed by atoms with van der Waals surface area (Å²) in [5.74, 6) is -0.470. The Hall–Kier alpha value is -2.33. The quantitative estimate of drug-likeness (QED) is 0.748. The molecule has 0 radical (unpaired) electrons. The van der Waals surface area contributed by atoms with Gasteiger partial charge in [-0.15, -0.1) is 11.3 Å². The predicted octanol–water partition coefficient (Wildman–Crippen LogP) is 2.69. The van der Waals surface area contributed by atoms with Crippen LogP contribution < -0.4 is 5.32 Å². The maximum Gasteiger partial charge on any atom is 0.409 e. The largest absolute Gasteiger partial charge is 0.465 e. The van der Waals surface area contributed by atoms with Crippen LogP contribution in [0.1, 0.15) is 41.6 Å². The van der Waals surface area contributed by atoms with Crippen molar-refractivity contribution in [2.75, 3.05) is 45.2 Å². The third-order valence-corrected chi connectivity index (χ3v) is 6.11. The Morgan fingerprint density at radius 1 is 1.17 bits per heavy atom. The van der Waals surface area contributed by atoms with E-state index in [1.54, 1.807) is 16.7 Å². The van der Waals surface area contributed by atoms with E-state index in [-0.39, 0.29) is 17.7 Å². The Balaban J connectivity index is 1.72. The predicted molar refractivity (Wildman–Crippen MR) is 107 cm³/mol. The average Bonchev–Trinajstić information content (AvgIpc) is 3.03. The minimum absolute atomic E-state index is 0.308. The lowest BCUT2D eigenvalue weighted by Gasteiger charge is -2.33. The summed E-state index contributed by atoms with van der Waals surface area (Å²) in [7, 11) is 1.33. The number of ether oxygens (including phenoxy) is 3. The van der Waals surface area contributed by atoms with Crippen LogP contribution in [0, 0.1) is 0 Å². The van der Waals surface area contributed by atoms with Gasteiger partial charge in [0, 0.05) is 37.5 Å². The van der Waals surface area contributed by atoms with Gasteiger partial charge in [-0.1, -0.05) is 0 Å². The summed E-state index contributed by atoms with van der Waals surface area (Å²) in [6, 6.07) is -0.308. The van der Waals surface area contributed by atoms with Crippen LogP contribution in [0.3, 0.4) is 0 Å². The summed E-state index contributed by atoms with van der Waals surface area (Å²) in [5, 5.41) is 3.34. The van der Waals surface area contributed by atoms with Gasteiger partial charge in [0.1, 0.15) is 5.00 Å². The number of hydrogen-bond acceptors (Lipinski definition) is 7. The fourth-order valence-corrected chi connectivity index (χ4v) is 4.55. The van der Waals surface area contributed by atoms with Crippen LogP contribution >= 0.6 is 11.3 Å². The number of methoxy groups -OCH3 is 1.